The third-order valence-electron chi connectivity index (χ3n) is 4.35. The van der Waals surface area contributed by atoms with E-state index in [2.05, 4.69) is 53.8 Å². The molecule has 2 aromatic heterocycles. The largest absolute Gasteiger partial charge is 0.340 e. The molecule has 142 valence electrons. The first-order valence-electron chi connectivity index (χ1n) is 8.50. The summed E-state index contributed by atoms with van der Waals surface area (Å²) in [6.07, 6.45) is 0. The van der Waals surface area contributed by atoms with E-state index in [-0.39, 0.29) is 5.91 Å². The van der Waals surface area contributed by atoms with Crippen LogP contribution in [0, 0.1) is 20.8 Å². The highest BCUT2D eigenvalue weighted by molar-refractivity contribution is 8.01. The second-order valence-electron chi connectivity index (χ2n) is 6.31. The van der Waals surface area contributed by atoms with E-state index in [9.17, 15) is 4.79 Å². The molecule has 2 heterocycles. The van der Waals surface area contributed by atoms with Gasteiger partial charge in [0.05, 0.1) is 12.3 Å². The molecule has 0 saturated carbocycles. The van der Waals surface area contributed by atoms with Gasteiger partial charge in [0.25, 0.3) is 0 Å². The van der Waals surface area contributed by atoms with Gasteiger partial charge in [-0.2, -0.15) is 0 Å². The summed E-state index contributed by atoms with van der Waals surface area (Å²) in [6, 6.07) is 8.22. The Hall–Kier alpha value is -1.90. The molecule has 0 spiro atoms. The molecule has 3 rings (SSSR count). The van der Waals surface area contributed by atoms with Crippen LogP contribution in [0.5, 0.6) is 0 Å². The van der Waals surface area contributed by atoms with Gasteiger partial charge in [0.1, 0.15) is 0 Å². The van der Waals surface area contributed by atoms with Crippen molar-refractivity contribution < 1.29 is 4.79 Å². The summed E-state index contributed by atoms with van der Waals surface area (Å²) in [6.45, 7) is 6.89. The van der Waals surface area contributed by atoms with Gasteiger partial charge < -0.3 is 10.2 Å². The minimum Gasteiger partial charge on any atom is -0.340 e. The molecule has 0 aliphatic carbocycles. The van der Waals surface area contributed by atoms with Gasteiger partial charge in [-0.05, 0) is 55.0 Å². The van der Waals surface area contributed by atoms with Gasteiger partial charge in [-0.1, -0.05) is 35.2 Å². The lowest BCUT2D eigenvalue weighted by Crippen LogP contribution is -2.27. The smallest absolute Gasteiger partial charge is 0.233 e. The van der Waals surface area contributed by atoms with Gasteiger partial charge in [0, 0.05) is 17.6 Å². The summed E-state index contributed by atoms with van der Waals surface area (Å²) in [7, 11) is 1.84. The number of thioether (sulfide) groups is 1. The Bertz CT molecular complexity index is 935. The van der Waals surface area contributed by atoms with Crippen molar-refractivity contribution in [1.29, 1.82) is 0 Å². The Balaban J connectivity index is 1.54. The highest BCUT2D eigenvalue weighted by Crippen LogP contribution is 2.29. The van der Waals surface area contributed by atoms with Crippen LogP contribution in [-0.2, 0) is 11.3 Å². The Morgan fingerprint density at radius 2 is 2.00 bits per heavy atom. The molecular formula is C19H22N4OS3. The lowest BCUT2D eigenvalue weighted by molar-refractivity contribution is -0.127. The number of anilines is 2. The molecular weight excluding hydrogens is 396 g/mol. The Morgan fingerprint density at radius 3 is 2.74 bits per heavy atom. The van der Waals surface area contributed by atoms with Crippen LogP contribution in [0.4, 0.5) is 10.8 Å². The van der Waals surface area contributed by atoms with Crippen molar-refractivity contribution in [2.75, 3.05) is 18.1 Å². The Labute approximate surface area is 171 Å². The highest BCUT2D eigenvalue weighted by atomic mass is 32.2. The van der Waals surface area contributed by atoms with Crippen LogP contribution in [0.25, 0.3) is 0 Å². The standard InChI is InChI=1S/C19H22N4OS3/c1-12-6-5-7-15(14(12)3)20-18-21-22-19(27-18)26-11-17(24)23(4)10-16-13(2)8-9-25-16/h5-9H,10-11H2,1-4H3,(H,20,21). The number of nitrogens with one attached hydrogen (secondary N) is 1. The molecule has 0 atom stereocenters. The van der Waals surface area contributed by atoms with Crippen LogP contribution in [0.15, 0.2) is 34.0 Å². The van der Waals surface area contributed by atoms with Crippen LogP contribution in [0.3, 0.4) is 0 Å². The zero-order valence-corrected chi connectivity index (χ0v) is 18.2. The molecule has 1 aromatic carbocycles. The van der Waals surface area contributed by atoms with E-state index in [1.54, 1.807) is 16.2 Å². The summed E-state index contributed by atoms with van der Waals surface area (Å²) in [5.41, 5.74) is 4.69. The Kier molecular flexibility index (Phi) is 6.51. The van der Waals surface area contributed by atoms with Crippen molar-refractivity contribution in [3.05, 3.63) is 51.2 Å². The average molecular weight is 419 g/mol. The number of carbonyl (C=O) groups is 1. The van der Waals surface area contributed by atoms with Crippen LogP contribution < -0.4 is 5.32 Å². The van der Waals surface area contributed by atoms with E-state index in [4.69, 9.17) is 0 Å². The number of aryl methyl sites for hydroxylation is 2. The third kappa shape index (κ3) is 5.09. The van der Waals surface area contributed by atoms with E-state index in [0.29, 0.717) is 12.3 Å². The number of hydrogen-bond acceptors (Lipinski definition) is 7. The molecule has 1 amide bonds. The van der Waals surface area contributed by atoms with Gasteiger partial charge in [0.2, 0.25) is 11.0 Å². The molecule has 1 N–H and O–H groups in total. The zero-order valence-electron chi connectivity index (χ0n) is 15.8. The maximum atomic E-state index is 12.4. The van der Waals surface area contributed by atoms with Gasteiger partial charge in [-0.3, -0.25) is 4.79 Å². The normalized spacial score (nSPS) is 10.8. The number of nitrogens with zero attached hydrogens (tertiary/aromatic N) is 3. The zero-order chi connectivity index (χ0) is 19.4. The first-order valence-corrected chi connectivity index (χ1v) is 11.2. The lowest BCUT2D eigenvalue weighted by Gasteiger charge is -2.16. The van der Waals surface area contributed by atoms with Crippen molar-refractivity contribution in [3.63, 3.8) is 0 Å². The number of amides is 1. The van der Waals surface area contributed by atoms with E-state index < -0.39 is 0 Å². The molecule has 0 radical (unpaired) electrons. The molecule has 0 bridgehead atoms. The maximum absolute atomic E-state index is 12.4. The minimum absolute atomic E-state index is 0.0898. The minimum atomic E-state index is 0.0898. The molecule has 0 fully saturated rings. The molecule has 8 heteroatoms. The molecule has 3 aromatic rings. The van der Waals surface area contributed by atoms with E-state index in [1.165, 1.54) is 44.7 Å². The maximum Gasteiger partial charge on any atom is 0.233 e. The summed E-state index contributed by atoms with van der Waals surface area (Å²) in [5.74, 6) is 0.450. The number of thiophene rings is 1. The summed E-state index contributed by atoms with van der Waals surface area (Å²) in [5, 5.41) is 14.5. The predicted octanol–water partition coefficient (Wildman–Crippen LogP) is 5.02. The second kappa shape index (κ2) is 8.86. The predicted molar refractivity (Wildman–Crippen MR) is 115 cm³/mol. The van der Waals surface area contributed by atoms with Crippen molar-refractivity contribution in [2.45, 2.75) is 31.7 Å². The van der Waals surface area contributed by atoms with Gasteiger partial charge >= 0.3 is 0 Å². The van der Waals surface area contributed by atoms with E-state index in [0.717, 1.165) is 15.2 Å². The number of hydrogen-bond donors (Lipinski definition) is 1. The van der Waals surface area contributed by atoms with E-state index >= 15 is 0 Å². The molecule has 5 nitrogen and oxygen atoms in total. The lowest BCUT2D eigenvalue weighted by atomic mass is 10.1. The van der Waals surface area contributed by atoms with Crippen LogP contribution in [0.2, 0.25) is 0 Å². The first-order chi connectivity index (χ1) is 12.9. The fourth-order valence-corrected chi connectivity index (χ4v) is 5.09. The molecule has 0 aliphatic heterocycles. The monoisotopic (exact) mass is 418 g/mol. The van der Waals surface area contributed by atoms with Crippen molar-refractivity contribution in [1.82, 2.24) is 15.1 Å². The van der Waals surface area contributed by atoms with Crippen molar-refractivity contribution in [3.8, 4) is 0 Å². The SMILES string of the molecule is Cc1ccsc1CN(C)C(=O)CSc1nnc(Nc2cccc(C)c2C)s1. The van der Waals surface area contributed by atoms with Gasteiger partial charge in [-0.15, -0.1) is 21.5 Å². The van der Waals surface area contributed by atoms with Gasteiger partial charge in [0.15, 0.2) is 4.34 Å². The molecule has 0 unspecified atom stereocenters. The van der Waals surface area contributed by atoms with Crippen LogP contribution in [-0.4, -0.2) is 33.8 Å². The summed E-state index contributed by atoms with van der Waals surface area (Å²) >= 11 is 4.58. The highest BCUT2D eigenvalue weighted by Gasteiger charge is 2.14. The third-order valence-corrected chi connectivity index (χ3v) is 7.31. The van der Waals surface area contributed by atoms with Crippen LogP contribution >= 0.6 is 34.4 Å². The summed E-state index contributed by atoms with van der Waals surface area (Å²) in [4.78, 5) is 15.4. The van der Waals surface area contributed by atoms with Crippen molar-refractivity contribution in [2.24, 2.45) is 0 Å². The van der Waals surface area contributed by atoms with Gasteiger partial charge in [-0.25, -0.2) is 0 Å². The fourth-order valence-electron chi connectivity index (χ4n) is 2.42. The number of benzene rings is 1. The molecule has 0 aliphatic rings. The number of aromatic nitrogens is 2. The molecule has 27 heavy (non-hydrogen) atoms. The quantitative estimate of drug-likeness (QED) is 0.546. The number of rotatable bonds is 7. The Morgan fingerprint density at radius 1 is 1.19 bits per heavy atom. The van der Waals surface area contributed by atoms with E-state index in [1.807, 2.05) is 19.2 Å². The number of carbonyl (C=O) groups excluding carboxylic acids is 1. The topological polar surface area (TPSA) is 58.1 Å². The second-order valence-corrected chi connectivity index (χ2v) is 9.51. The van der Waals surface area contributed by atoms with Crippen molar-refractivity contribution >= 4 is 51.2 Å². The fraction of sp³-hybridized carbons (Fsp3) is 0.316. The van der Waals surface area contributed by atoms with Crippen LogP contribution in [0.1, 0.15) is 21.6 Å². The molecule has 0 saturated heterocycles. The first kappa shape index (κ1) is 19.9. The average Bonchev–Trinajstić information content (AvgIpc) is 3.26. The summed E-state index contributed by atoms with van der Waals surface area (Å²) < 4.78 is 0.789.